The molecule has 1 unspecified atom stereocenters. The van der Waals surface area contributed by atoms with Crippen molar-refractivity contribution in [2.45, 2.75) is 17.9 Å². The highest BCUT2D eigenvalue weighted by Gasteiger charge is 2.17. The maximum atomic E-state index is 12.6. The molecule has 0 radical (unpaired) electrons. The van der Waals surface area contributed by atoms with Gasteiger partial charge < -0.3 is 10.1 Å². The van der Waals surface area contributed by atoms with E-state index in [2.05, 4.69) is 26.0 Å². The van der Waals surface area contributed by atoms with E-state index in [1.165, 1.54) is 18.2 Å². The Bertz CT molecular complexity index is 1200. The number of benzene rings is 3. The summed E-state index contributed by atoms with van der Waals surface area (Å²) in [5.74, 6) is -0.138. The SMILES string of the molecule is CC(NC(=O)COc1ccc(S(=O)(=O)Nc2ccc(Cl)cc2)cc1Cl)c1ccc(Br)cc1. The van der Waals surface area contributed by atoms with E-state index in [0.29, 0.717) is 10.7 Å². The van der Waals surface area contributed by atoms with Crippen molar-refractivity contribution in [1.29, 1.82) is 0 Å². The minimum atomic E-state index is -3.86. The average Bonchev–Trinajstić information content (AvgIpc) is 2.74. The summed E-state index contributed by atoms with van der Waals surface area (Å²) in [6, 6.07) is 17.7. The highest BCUT2D eigenvalue weighted by Crippen LogP contribution is 2.28. The van der Waals surface area contributed by atoms with Gasteiger partial charge in [0.15, 0.2) is 6.61 Å². The molecule has 3 rings (SSSR count). The molecule has 168 valence electrons. The Kier molecular flexibility index (Phi) is 8.05. The number of ether oxygens (including phenoxy) is 1. The Balaban J connectivity index is 1.60. The van der Waals surface area contributed by atoms with Gasteiger partial charge in [0.1, 0.15) is 5.75 Å². The van der Waals surface area contributed by atoms with Crippen LogP contribution in [0.5, 0.6) is 5.75 Å². The number of amides is 1. The van der Waals surface area contributed by atoms with E-state index in [1.807, 2.05) is 31.2 Å². The van der Waals surface area contributed by atoms with Crippen molar-refractivity contribution in [2.75, 3.05) is 11.3 Å². The molecule has 0 aliphatic heterocycles. The molecule has 3 aromatic rings. The second-order valence-electron chi connectivity index (χ2n) is 6.83. The molecule has 0 heterocycles. The van der Waals surface area contributed by atoms with Crippen LogP contribution < -0.4 is 14.8 Å². The molecule has 0 saturated heterocycles. The first-order valence-electron chi connectivity index (χ1n) is 9.39. The highest BCUT2D eigenvalue weighted by molar-refractivity contribution is 9.10. The van der Waals surface area contributed by atoms with Crippen LogP contribution in [0.25, 0.3) is 0 Å². The first-order chi connectivity index (χ1) is 15.1. The zero-order valence-corrected chi connectivity index (χ0v) is 20.7. The molecule has 0 aromatic heterocycles. The fraction of sp³-hybridized carbons (Fsp3) is 0.136. The molecule has 0 fully saturated rings. The van der Waals surface area contributed by atoms with Crippen LogP contribution in [0.3, 0.4) is 0 Å². The van der Waals surface area contributed by atoms with Crippen molar-refractivity contribution in [3.8, 4) is 5.75 Å². The molecule has 0 aliphatic carbocycles. The lowest BCUT2D eigenvalue weighted by Crippen LogP contribution is -2.31. The summed E-state index contributed by atoms with van der Waals surface area (Å²) in [6.07, 6.45) is 0. The standard InChI is InChI=1S/C22H19BrCl2N2O4S/c1-14(15-2-4-16(23)5-3-15)26-22(28)13-31-21-11-10-19(12-20(21)25)32(29,30)27-18-8-6-17(24)7-9-18/h2-12,14,27H,13H2,1H3,(H,26,28). The van der Waals surface area contributed by atoms with Gasteiger partial charge in [0, 0.05) is 15.2 Å². The molecule has 0 bridgehead atoms. The van der Waals surface area contributed by atoms with E-state index < -0.39 is 10.0 Å². The largest absolute Gasteiger partial charge is 0.482 e. The van der Waals surface area contributed by atoms with Gasteiger partial charge in [-0.3, -0.25) is 9.52 Å². The molecular weight excluding hydrogens is 539 g/mol. The molecule has 32 heavy (non-hydrogen) atoms. The fourth-order valence-corrected chi connectivity index (χ4v) is 4.53. The maximum absolute atomic E-state index is 12.6. The predicted molar refractivity (Wildman–Crippen MR) is 130 cm³/mol. The zero-order valence-electron chi connectivity index (χ0n) is 16.8. The van der Waals surface area contributed by atoms with E-state index in [4.69, 9.17) is 27.9 Å². The lowest BCUT2D eigenvalue weighted by molar-refractivity contribution is -0.123. The van der Waals surface area contributed by atoms with Gasteiger partial charge in [-0.2, -0.15) is 0 Å². The molecule has 6 nitrogen and oxygen atoms in total. The number of hydrogen-bond acceptors (Lipinski definition) is 4. The number of halogens is 3. The Morgan fingerprint density at radius 1 is 1.03 bits per heavy atom. The molecule has 0 saturated carbocycles. The van der Waals surface area contributed by atoms with Gasteiger partial charge in [-0.25, -0.2) is 8.42 Å². The van der Waals surface area contributed by atoms with Crippen LogP contribution in [0.15, 0.2) is 76.1 Å². The predicted octanol–water partition coefficient (Wildman–Crippen LogP) is 5.81. The van der Waals surface area contributed by atoms with Gasteiger partial charge in [0.05, 0.1) is 16.0 Å². The van der Waals surface area contributed by atoms with Gasteiger partial charge in [0.2, 0.25) is 0 Å². The van der Waals surface area contributed by atoms with Crippen LogP contribution in [0.1, 0.15) is 18.5 Å². The third-order valence-corrected chi connectivity index (χ3v) is 6.87. The number of hydrogen-bond donors (Lipinski definition) is 2. The Morgan fingerprint density at radius 3 is 2.31 bits per heavy atom. The number of anilines is 1. The second kappa shape index (κ2) is 10.6. The van der Waals surface area contributed by atoms with Gasteiger partial charge in [-0.15, -0.1) is 0 Å². The summed E-state index contributed by atoms with van der Waals surface area (Å²) in [7, 11) is -3.86. The van der Waals surface area contributed by atoms with Crippen LogP contribution in [-0.2, 0) is 14.8 Å². The summed E-state index contributed by atoms with van der Waals surface area (Å²) < 4.78 is 34.0. The lowest BCUT2D eigenvalue weighted by atomic mass is 10.1. The van der Waals surface area contributed by atoms with Gasteiger partial charge in [-0.05, 0) is 67.1 Å². The average molecular weight is 558 g/mol. The van der Waals surface area contributed by atoms with Crippen LogP contribution in [0, 0.1) is 0 Å². The summed E-state index contributed by atoms with van der Waals surface area (Å²) in [5, 5.41) is 3.40. The van der Waals surface area contributed by atoms with E-state index in [9.17, 15) is 13.2 Å². The van der Waals surface area contributed by atoms with Crippen molar-refractivity contribution in [3.63, 3.8) is 0 Å². The first-order valence-corrected chi connectivity index (χ1v) is 12.4. The van der Waals surface area contributed by atoms with Gasteiger partial charge in [-0.1, -0.05) is 51.3 Å². The van der Waals surface area contributed by atoms with Gasteiger partial charge >= 0.3 is 0 Å². The lowest BCUT2D eigenvalue weighted by Gasteiger charge is -2.15. The van der Waals surface area contributed by atoms with Gasteiger partial charge in [0.25, 0.3) is 15.9 Å². The molecule has 0 aliphatic rings. The Hall–Kier alpha value is -2.26. The van der Waals surface area contributed by atoms with Crippen molar-refractivity contribution in [3.05, 3.63) is 86.8 Å². The van der Waals surface area contributed by atoms with Crippen LogP contribution in [-0.4, -0.2) is 20.9 Å². The number of rotatable bonds is 8. The Labute approximate surface area is 205 Å². The normalized spacial score (nSPS) is 12.1. The first kappa shape index (κ1) is 24.4. The number of carbonyl (C=O) groups excluding carboxylic acids is 1. The van der Waals surface area contributed by atoms with Crippen LogP contribution in [0.4, 0.5) is 5.69 Å². The molecule has 0 spiro atoms. The van der Waals surface area contributed by atoms with Crippen molar-refractivity contribution >= 4 is 60.7 Å². The minimum Gasteiger partial charge on any atom is -0.482 e. The monoisotopic (exact) mass is 556 g/mol. The van der Waals surface area contributed by atoms with E-state index in [1.54, 1.807) is 24.3 Å². The summed E-state index contributed by atoms with van der Waals surface area (Å²) in [6.45, 7) is 1.59. The number of nitrogens with one attached hydrogen (secondary N) is 2. The zero-order chi connectivity index (χ0) is 23.3. The van der Waals surface area contributed by atoms with E-state index >= 15 is 0 Å². The summed E-state index contributed by atoms with van der Waals surface area (Å²) >= 11 is 15.4. The quantitative estimate of drug-likeness (QED) is 0.366. The fourth-order valence-electron chi connectivity index (χ4n) is 2.76. The van der Waals surface area contributed by atoms with Crippen molar-refractivity contribution in [2.24, 2.45) is 0 Å². The summed E-state index contributed by atoms with van der Waals surface area (Å²) in [5.41, 5.74) is 1.31. The number of carbonyl (C=O) groups is 1. The molecular formula is C22H19BrCl2N2O4S. The van der Waals surface area contributed by atoms with Crippen molar-refractivity contribution < 1.29 is 17.9 Å². The smallest absolute Gasteiger partial charge is 0.261 e. The third kappa shape index (κ3) is 6.62. The van der Waals surface area contributed by atoms with E-state index in [-0.39, 0.29) is 34.2 Å². The minimum absolute atomic E-state index is 0.0434. The molecule has 3 aromatic carbocycles. The molecule has 10 heteroatoms. The third-order valence-electron chi connectivity index (χ3n) is 4.42. The van der Waals surface area contributed by atoms with Crippen molar-refractivity contribution in [1.82, 2.24) is 5.32 Å². The molecule has 1 amide bonds. The maximum Gasteiger partial charge on any atom is 0.261 e. The summed E-state index contributed by atoms with van der Waals surface area (Å²) in [4.78, 5) is 12.2. The highest BCUT2D eigenvalue weighted by atomic mass is 79.9. The Morgan fingerprint density at radius 2 is 1.69 bits per heavy atom. The second-order valence-corrected chi connectivity index (χ2v) is 10.3. The number of sulfonamides is 1. The van der Waals surface area contributed by atoms with Crippen LogP contribution >= 0.6 is 39.1 Å². The molecule has 1 atom stereocenters. The van der Waals surface area contributed by atoms with E-state index in [0.717, 1.165) is 10.0 Å². The van der Waals surface area contributed by atoms with Crippen LogP contribution in [0.2, 0.25) is 10.0 Å². The molecule has 2 N–H and O–H groups in total. The topological polar surface area (TPSA) is 84.5 Å².